The zero-order valence-electron chi connectivity index (χ0n) is 12.9. The van der Waals surface area contributed by atoms with Gasteiger partial charge in [-0.3, -0.25) is 4.98 Å². The van der Waals surface area contributed by atoms with E-state index in [0.717, 1.165) is 22.2 Å². The van der Waals surface area contributed by atoms with Crippen molar-refractivity contribution in [3.63, 3.8) is 0 Å². The number of aromatic carboxylic acids is 1. The first kappa shape index (κ1) is 14.2. The summed E-state index contributed by atoms with van der Waals surface area (Å²) in [5.74, 6) is -0.402. The topological polar surface area (TPSA) is 90.9 Å². The molecule has 0 bridgehead atoms. The third-order valence-electron chi connectivity index (χ3n) is 3.92. The van der Waals surface area contributed by atoms with Crippen LogP contribution >= 0.6 is 0 Å². The molecular weight excluding hydrogens is 304 g/mol. The molecule has 0 fully saturated rings. The Balaban J connectivity index is 1.94. The number of aryl methyl sites for hydroxylation is 1. The lowest BCUT2D eigenvalue weighted by Crippen LogP contribution is -1.95. The lowest BCUT2D eigenvalue weighted by molar-refractivity contribution is 0.0691. The number of H-pyrrole nitrogens is 1. The molecule has 3 N–H and O–H groups in total. The maximum Gasteiger partial charge on any atom is 0.352 e. The molecule has 0 unspecified atom stereocenters. The first-order chi connectivity index (χ1) is 11.6. The Kier molecular flexibility index (Phi) is 3.16. The number of benzene rings is 1. The summed E-state index contributed by atoms with van der Waals surface area (Å²) in [6, 6.07) is 11.3. The summed E-state index contributed by atoms with van der Waals surface area (Å²) in [7, 11) is 0. The molecule has 3 aromatic heterocycles. The molecule has 24 heavy (non-hydrogen) atoms. The number of aromatic amines is 1. The zero-order chi connectivity index (χ0) is 16.7. The molecule has 0 radical (unpaired) electrons. The molecule has 0 atom stereocenters. The summed E-state index contributed by atoms with van der Waals surface area (Å²) >= 11 is 0. The highest BCUT2D eigenvalue weighted by molar-refractivity contribution is 6.10. The Morgan fingerprint density at radius 3 is 2.71 bits per heavy atom. The number of hydrogen-bond donors (Lipinski definition) is 3. The van der Waals surface area contributed by atoms with Gasteiger partial charge in [-0.25, -0.2) is 9.78 Å². The highest BCUT2D eigenvalue weighted by atomic mass is 16.4. The van der Waals surface area contributed by atoms with Gasteiger partial charge < -0.3 is 15.4 Å². The van der Waals surface area contributed by atoms with E-state index in [9.17, 15) is 9.90 Å². The van der Waals surface area contributed by atoms with Crippen LogP contribution in [0.3, 0.4) is 0 Å². The molecule has 6 heteroatoms. The lowest BCUT2D eigenvalue weighted by atomic mass is 10.2. The molecule has 0 aliphatic rings. The van der Waals surface area contributed by atoms with Gasteiger partial charge in [-0.1, -0.05) is 17.7 Å². The van der Waals surface area contributed by atoms with Gasteiger partial charge in [-0.05, 0) is 31.2 Å². The van der Waals surface area contributed by atoms with Crippen LogP contribution in [0.2, 0.25) is 0 Å². The number of carboxylic acids is 1. The summed E-state index contributed by atoms with van der Waals surface area (Å²) in [5, 5.41) is 14.1. The van der Waals surface area contributed by atoms with Crippen LogP contribution in [0, 0.1) is 6.92 Å². The molecule has 0 aliphatic carbocycles. The van der Waals surface area contributed by atoms with Crippen LogP contribution in [-0.2, 0) is 0 Å². The predicted molar refractivity (Wildman–Crippen MR) is 92.8 cm³/mol. The van der Waals surface area contributed by atoms with Crippen molar-refractivity contribution >= 4 is 39.3 Å². The van der Waals surface area contributed by atoms with Crippen LogP contribution in [0.25, 0.3) is 21.8 Å². The Labute approximate surface area is 137 Å². The van der Waals surface area contributed by atoms with Crippen molar-refractivity contribution in [3.8, 4) is 0 Å². The van der Waals surface area contributed by atoms with Crippen LogP contribution in [0.1, 0.15) is 16.1 Å². The number of pyridine rings is 2. The highest BCUT2D eigenvalue weighted by Gasteiger charge is 2.15. The molecule has 0 saturated carbocycles. The Morgan fingerprint density at radius 2 is 1.96 bits per heavy atom. The third kappa shape index (κ3) is 2.34. The maximum absolute atomic E-state index is 11.3. The lowest BCUT2D eigenvalue weighted by Gasteiger charge is -2.09. The summed E-state index contributed by atoms with van der Waals surface area (Å²) < 4.78 is 0. The van der Waals surface area contributed by atoms with Gasteiger partial charge in [-0.15, -0.1) is 0 Å². The number of aromatic nitrogens is 3. The van der Waals surface area contributed by atoms with Gasteiger partial charge >= 0.3 is 5.97 Å². The summed E-state index contributed by atoms with van der Waals surface area (Å²) in [5.41, 5.74) is 3.63. The fourth-order valence-electron chi connectivity index (χ4n) is 2.70. The summed E-state index contributed by atoms with van der Waals surface area (Å²) in [6.45, 7) is 2.02. The van der Waals surface area contributed by atoms with Crippen molar-refractivity contribution < 1.29 is 9.90 Å². The van der Waals surface area contributed by atoms with E-state index in [-0.39, 0.29) is 5.69 Å². The molecule has 4 aromatic rings. The SMILES string of the molecule is Cc1ccc(Nc2nc3ccncc3c3[nH]c(C(=O)O)cc23)cc1. The van der Waals surface area contributed by atoms with Crippen LogP contribution in [0.15, 0.2) is 48.8 Å². The Hall–Kier alpha value is -3.41. The molecule has 0 saturated heterocycles. The minimum Gasteiger partial charge on any atom is -0.477 e. The van der Waals surface area contributed by atoms with Gasteiger partial charge in [-0.2, -0.15) is 0 Å². The molecule has 0 spiro atoms. The number of rotatable bonds is 3. The minimum atomic E-state index is -1.01. The second-order valence-corrected chi connectivity index (χ2v) is 5.62. The van der Waals surface area contributed by atoms with E-state index in [1.54, 1.807) is 24.5 Å². The van der Waals surface area contributed by atoms with Crippen LogP contribution in [0.5, 0.6) is 0 Å². The second-order valence-electron chi connectivity index (χ2n) is 5.62. The average molecular weight is 318 g/mol. The summed E-state index contributed by atoms with van der Waals surface area (Å²) in [4.78, 5) is 23.0. The van der Waals surface area contributed by atoms with E-state index in [1.807, 2.05) is 31.2 Å². The number of anilines is 2. The van der Waals surface area contributed by atoms with Crippen molar-refractivity contribution in [3.05, 3.63) is 60.0 Å². The normalized spacial score (nSPS) is 11.0. The largest absolute Gasteiger partial charge is 0.477 e. The van der Waals surface area contributed by atoms with E-state index < -0.39 is 5.97 Å². The molecule has 118 valence electrons. The fourth-order valence-corrected chi connectivity index (χ4v) is 2.70. The van der Waals surface area contributed by atoms with Crippen molar-refractivity contribution in [1.29, 1.82) is 0 Å². The Bertz CT molecular complexity index is 1070. The highest BCUT2D eigenvalue weighted by Crippen LogP contribution is 2.31. The zero-order valence-corrected chi connectivity index (χ0v) is 12.9. The fraction of sp³-hybridized carbons (Fsp3) is 0.0556. The van der Waals surface area contributed by atoms with Crippen molar-refractivity contribution in [2.75, 3.05) is 5.32 Å². The standard InChI is InChI=1S/C18H14N4O2/c1-10-2-4-11(5-3-10)20-17-12-8-15(18(23)24)21-16(12)13-9-19-7-6-14(13)22-17/h2-9,21H,1H3,(H,20,22)(H,23,24). The first-order valence-corrected chi connectivity index (χ1v) is 7.45. The van der Waals surface area contributed by atoms with Gasteiger partial charge in [0.05, 0.1) is 11.0 Å². The van der Waals surface area contributed by atoms with Crippen molar-refractivity contribution in [2.24, 2.45) is 0 Å². The maximum atomic E-state index is 11.3. The molecular formula is C18H14N4O2. The van der Waals surface area contributed by atoms with Gasteiger partial charge in [0.15, 0.2) is 0 Å². The van der Waals surface area contributed by atoms with Gasteiger partial charge in [0.25, 0.3) is 0 Å². The monoisotopic (exact) mass is 318 g/mol. The van der Waals surface area contributed by atoms with E-state index in [4.69, 9.17) is 0 Å². The van der Waals surface area contributed by atoms with Gasteiger partial charge in [0.2, 0.25) is 0 Å². The quantitative estimate of drug-likeness (QED) is 0.533. The van der Waals surface area contributed by atoms with Crippen molar-refractivity contribution in [2.45, 2.75) is 6.92 Å². The Morgan fingerprint density at radius 1 is 1.17 bits per heavy atom. The molecule has 3 heterocycles. The van der Waals surface area contributed by atoms with E-state index in [2.05, 4.69) is 20.3 Å². The van der Waals surface area contributed by atoms with Gasteiger partial charge in [0.1, 0.15) is 11.5 Å². The molecule has 1 aromatic carbocycles. The summed E-state index contributed by atoms with van der Waals surface area (Å²) in [6.07, 6.45) is 3.35. The number of carboxylic acid groups (broad SMARTS) is 1. The number of fused-ring (bicyclic) bond motifs is 3. The molecule has 6 nitrogen and oxygen atoms in total. The van der Waals surface area contributed by atoms with Crippen LogP contribution in [0.4, 0.5) is 11.5 Å². The average Bonchev–Trinajstić information content (AvgIpc) is 3.03. The number of carbonyl (C=O) groups is 1. The van der Waals surface area contributed by atoms with Gasteiger partial charge in [0, 0.05) is 28.9 Å². The van der Waals surface area contributed by atoms with Crippen LogP contribution < -0.4 is 5.32 Å². The molecule has 0 aliphatic heterocycles. The number of nitrogens with one attached hydrogen (secondary N) is 2. The second kappa shape index (κ2) is 5.34. The first-order valence-electron chi connectivity index (χ1n) is 7.45. The minimum absolute atomic E-state index is 0.120. The molecule has 0 amide bonds. The number of hydrogen-bond acceptors (Lipinski definition) is 4. The molecule has 4 rings (SSSR count). The van der Waals surface area contributed by atoms with E-state index in [1.165, 1.54) is 0 Å². The van der Waals surface area contributed by atoms with Crippen LogP contribution in [-0.4, -0.2) is 26.0 Å². The van der Waals surface area contributed by atoms with E-state index >= 15 is 0 Å². The smallest absolute Gasteiger partial charge is 0.352 e. The van der Waals surface area contributed by atoms with Crippen molar-refractivity contribution in [1.82, 2.24) is 15.0 Å². The number of nitrogens with zero attached hydrogens (tertiary/aromatic N) is 2. The third-order valence-corrected chi connectivity index (χ3v) is 3.92. The predicted octanol–water partition coefficient (Wildman–Crippen LogP) is 3.86. The van der Waals surface area contributed by atoms with E-state index in [0.29, 0.717) is 16.7 Å².